The number of carbonyl (C=O) groups is 2. The molecule has 104 valence electrons. The lowest BCUT2D eigenvalue weighted by Crippen LogP contribution is -2.55. The Morgan fingerprint density at radius 1 is 1.22 bits per heavy atom. The van der Waals surface area contributed by atoms with E-state index in [1.807, 2.05) is 13.8 Å². The molecule has 1 rings (SSSR count). The van der Waals surface area contributed by atoms with Crippen LogP contribution in [0.2, 0.25) is 0 Å². The molecule has 0 spiro atoms. The summed E-state index contributed by atoms with van der Waals surface area (Å²) in [6, 6.07) is -0.445. The molecule has 0 aliphatic carbocycles. The first-order valence-corrected chi connectivity index (χ1v) is 6.38. The van der Waals surface area contributed by atoms with Crippen molar-refractivity contribution in [2.75, 3.05) is 33.3 Å². The Hall–Kier alpha value is -1.30. The Bertz CT molecular complexity index is 301. The number of amides is 2. The topological polar surface area (TPSA) is 75.9 Å². The average molecular weight is 257 g/mol. The second-order valence-electron chi connectivity index (χ2n) is 4.69. The highest BCUT2D eigenvalue weighted by molar-refractivity contribution is 5.82. The van der Waals surface area contributed by atoms with Crippen molar-refractivity contribution in [3.8, 4) is 0 Å². The SMILES string of the molecule is CCC(C)[C@H](N)C(=O)N1CCN(C(=O)OC)CC1. The third kappa shape index (κ3) is 3.35. The lowest BCUT2D eigenvalue weighted by Gasteiger charge is -2.35. The van der Waals surface area contributed by atoms with Crippen molar-refractivity contribution in [2.45, 2.75) is 26.3 Å². The van der Waals surface area contributed by atoms with Crippen molar-refractivity contribution < 1.29 is 14.3 Å². The van der Waals surface area contributed by atoms with Gasteiger partial charge in [-0.15, -0.1) is 0 Å². The number of hydrogen-bond donors (Lipinski definition) is 1. The number of nitrogens with two attached hydrogens (primary N) is 1. The van der Waals surface area contributed by atoms with Gasteiger partial charge in [-0.2, -0.15) is 0 Å². The van der Waals surface area contributed by atoms with Crippen LogP contribution in [0.25, 0.3) is 0 Å². The van der Waals surface area contributed by atoms with Crippen molar-refractivity contribution in [1.82, 2.24) is 9.80 Å². The van der Waals surface area contributed by atoms with E-state index in [4.69, 9.17) is 5.73 Å². The van der Waals surface area contributed by atoms with Crippen LogP contribution in [-0.4, -0.2) is 61.1 Å². The van der Waals surface area contributed by atoms with Crippen molar-refractivity contribution >= 4 is 12.0 Å². The molecule has 6 heteroatoms. The molecular weight excluding hydrogens is 234 g/mol. The minimum atomic E-state index is -0.445. The highest BCUT2D eigenvalue weighted by atomic mass is 16.5. The number of methoxy groups -OCH3 is 1. The summed E-state index contributed by atoms with van der Waals surface area (Å²) in [7, 11) is 1.36. The van der Waals surface area contributed by atoms with Gasteiger partial charge in [0.05, 0.1) is 13.2 Å². The van der Waals surface area contributed by atoms with Crippen LogP contribution in [-0.2, 0) is 9.53 Å². The molecule has 6 nitrogen and oxygen atoms in total. The second kappa shape index (κ2) is 6.58. The molecular formula is C12H23N3O3. The number of carbonyl (C=O) groups excluding carboxylic acids is 2. The number of rotatable bonds is 3. The van der Waals surface area contributed by atoms with Gasteiger partial charge >= 0.3 is 6.09 Å². The smallest absolute Gasteiger partial charge is 0.409 e. The van der Waals surface area contributed by atoms with E-state index >= 15 is 0 Å². The summed E-state index contributed by atoms with van der Waals surface area (Å²) in [5.41, 5.74) is 5.93. The maximum atomic E-state index is 12.1. The summed E-state index contributed by atoms with van der Waals surface area (Å²) in [4.78, 5) is 26.7. The normalized spacial score (nSPS) is 19.3. The first-order valence-electron chi connectivity index (χ1n) is 6.38. The van der Waals surface area contributed by atoms with E-state index in [1.54, 1.807) is 9.80 Å². The van der Waals surface area contributed by atoms with Crippen LogP contribution in [0.15, 0.2) is 0 Å². The van der Waals surface area contributed by atoms with E-state index in [-0.39, 0.29) is 17.9 Å². The van der Waals surface area contributed by atoms with Gasteiger partial charge in [0.15, 0.2) is 0 Å². The molecule has 0 radical (unpaired) electrons. The first kappa shape index (κ1) is 14.8. The van der Waals surface area contributed by atoms with Crippen molar-refractivity contribution in [2.24, 2.45) is 11.7 Å². The summed E-state index contributed by atoms with van der Waals surface area (Å²) in [5, 5.41) is 0. The van der Waals surface area contributed by atoms with Crippen LogP contribution in [0.5, 0.6) is 0 Å². The maximum absolute atomic E-state index is 12.1. The largest absolute Gasteiger partial charge is 0.453 e. The van der Waals surface area contributed by atoms with Gasteiger partial charge in [-0.3, -0.25) is 4.79 Å². The fourth-order valence-corrected chi connectivity index (χ4v) is 1.95. The summed E-state index contributed by atoms with van der Waals surface area (Å²) >= 11 is 0. The van der Waals surface area contributed by atoms with Crippen molar-refractivity contribution in [1.29, 1.82) is 0 Å². The Kier molecular flexibility index (Phi) is 5.40. The van der Waals surface area contributed by atoms with Gasteiger partial charge in [0.25, 0.3) is 0 Å². The van der Waals surface area contributed by atoms with E-state index in [1.165, 1.54) is 7.11 Å². The van der Waals surface area contributed by atoms with E-state index in [2.05, 4.69) is 4.74 Å². The molecule has 0 aromatic rings. The number of piperazine rings is 1. The fourth-order valence-electron chi connectivity index (χ4n) is 1.95. The van der Waals surface area contributed by atoms with Gasteiger partial charge in [0.1, 0.15) is 0 Å². The first-order chi connectivity index (χ1) is 8.51. The third-order valence-corrected chi connectivity index (χ3v) is 3.57. The van der Waals surface area contributed by atoms with Crippen LogP contribution < -0.4 is 5.73 Å². The maximum Gasteiger partial charge on any atom is 0.409 e. The average Bonchev–Trinajstić information content (AvgIpc) is 2.44. The Morgan fingerprint density at radius 3 is 2.17 bits per heavy atom. The van der Waals surface area contributed by atoms with Crippen LogP contribution >= 0.6 is 0 Å². The molecule has 1 unspecified atom stereocenters. The quantitative estimate of drug-likeness (QED) is 0.787. The van der Waals surface area contributed by atoms with Gasteiger partial charge in [0.2, 0.25) is 5.91 Å². The molecule has 1 heterocycles. The van der Waals surface area contributed by atoms with E-state index in [0.717, 1.165) is 6.42 Å². The summed E-state index contributed by atoms with van der Waals surface area (Å²) in [5.74, 6) is 0.157. The minimum Gasteiger partial charge on any atom is -0.453 e. The summed E-state index contributed by atoms with van der Waals surface area (Å²) in [6.07, 6.45) is 0.544. The molecule has 0 aromatic carbocycles. The highest BCUT2D eigenvalue weighted by Gasteiger charge is 2.29. The van der Waals surface area contributed by atoms with Gasteiger partial charge in [-0.05, 0) is 5.92 Å². The number of hydrogen-bond acceptors (Lipinski definition) is 4. The molecule has 18 heavy (non-hydrogen) atoms. The van der Waals surface area contributed by atoms with Crippen molar-refractivity contribution in [3.05, 3.63) is 0 Å². The molecule has 0 saturated carbocycles. The van der Waals surface area contributed by atoms with Crippen LogP contribution in [0.4, 0.5) is 4.79 Å². The molecule has 2 amide bonds. The predicted octanol–water partition coefficient (Wildman–Crippen LogP) is 0.270. The molecule has 2 N–H and O–H groups in total. The van der Waals surface area contributed by atoms with Gasteiger partial charge in [-0.1, -0.05) is 20.3 Å². The monoisotopic (exact) mass is 257 g/mol. The lowest BCUT2D eigenvalue weighted by molar-refractivity contribution is -0.135. The van der Waals surface area contributed by atoms with Gasteiger partial charge in [0, 0.05) is 26.2 Å². The molecule has 1 saturated heterocycles. The Morgan fingerprint density at radius 2 is 1.72 bits per heavy atom. The van der Waals surface area contributed by atoms with Crippen LogP contribution in [0.3, 0.4) is 0 Å². The van der Waals surface area contributed by atoms with Crippen molar-refractivity contribution in [3.63, 3.8) is 0 Å². The summed E-state index contributed by atoms with van der Waals surface area (Å²) < 4.78 is 4.65. The molecule has 1 aliphatic rings. The molecule has 0 aromatic heterocycles. The molecule has 0 bridgehead atoms. The number of nitrogens with zero attached hydrogens (tertiary/aromatic N) is 2. The number of ether oxygens (including phenoxy) is 1. The van der Waals surface area contributed by atoms with Gasteiger partial charge < -0.3 is 20.3 Å². The second-order valence-corrected chi connectivity index (χ2v) is 4.69. The zero-order valence-corrected chi connectivity index (χ0v) is 11.4. The van der Waals surface area contributed by atoms with Crippen LogP contribution in [0, 0.1) is 5.92 Å². The zero-order valence-electron chi connectivity index (χ0n) is 11.4. The zero-order chi connectivity index (χ0) is 13.7. The molecule has 1 fully saturated rings. The highest BCUT2D eigenvalue weighted by Crippen LogP contribution is 2.11. The van der Waals surface area contributed by atoms with Gasteiger partial charge in [-0.25, -0.2) is 4.79 Å². The molecule has 2 atom stereocenters. The van der Waals surface area contributed by atoms with E-state index in [0.29, 0.717) is 26.2 Å². The van der Waals surface area contributed by atoms with Crippen LogP contribution in [0.1, 0.15) is 20.3 Å². The van der Waals surface area contributed by atoms with E-state index < -0.39 is 6.04 Å². The fraction of sp³-hybridized carbons (Fsp3) is 0.833. The Labute approximate surface area is 108 Å². The minimum absolute atomic E-state index is 0.0196. The molecule has 1 aliphatic heterocycles. The third-order valence-electron chi connectivity index (χ3n) is 3.57. The Balaban J connectivity index is 2.47. The predicted molar refractivity (Wildman–Crippen MR) is 68.0 cm³/mol. The summed E-state index contributed by atoms with van der Waals surface area (Å²) in [6.45, 7) is 6.06. The standard InChI is InChI=1S/C12H23N3O3/c1-4-9(2)10(13)11(16)14-5-7-15(8-6-14)12(17)18-3/h9-10H,4-8,13H2,1-3H3/t9?,10-/m0/s1. The van der Waals surface area contributed by atoms with E-state index in [9.17, 15) is 9.59 Å². The lowest BCUT2D eigenvalue weighted by atomic mass is 9.98.